The van der Waals surface area contributed by atoms with Crippen molar-refractivity contribution in [2.45, 2.75) is 59.2 Å². The first-order valence-corrected chi connectivity index (χ1v) is 6.60. The molecule has 0 aliphatic carbocycles. The minimum absolute atomic E-state index is 0.305. The van der Waals surface area contributed by atoms with Crippen molar-refractivity contribution >= 4 is 0 Å². The Labute approximate surface area is 105 Å². The van der Waals surface area contributed by atoms with E-state index in [0.29, 0.717) is 12.1 Å². The summed E-state index contributed by atoms with van der Waals surface area (Å²) in [5.41, 5.74) is 1.30. The lowest BCUT2D eigenvalue weighted by Crippen LogP contribution is -2.21. The molecule has 0 amide bonds. The highest BCUT2D eigenvalue weighted by atomic mass is 16.5. The maximum absolute atomic E-state index is 5.81. The molecule has 0 saturated heterocycles. The van der Waals surface area contributed by atoms with E-state index in [4.69, 9.17) is 4.74 Å². The van der Waals surface area contributed by atoms with Crippen molar-refractivity contribution in [3.8, 4) is 5.75 Å². The van der Waals surface area contributed by atoms with Gasteiger partial charge in [0, 0.05) is 12.6 Å². The van der Waals surface area contributed by atoms with Gasteiger partial charge in [-0.2, -0.15) is 0 Å². The van der Waals surface area contributed by atoms with Gasteiger partial charge >= 0.3 is 0 Å². The highest BCUT2D eigenvalue weighted by Gasteiger charge is 2.02. The summed E-state index contributed by atoms with van der Waals surface area (Å²) in [6.45, 7) is 9.54. The van der Waals surface area contributed by atoms with Crippen LogP contribution in [0, 0.1) is 0 Å². The number of hydrogen-bond acceptors (Lipinski definition) is 2. The third-order valence-corrected chi connectivity index (χ3v) is 2.67. The fourth-order valence-electron chi connectivity index (χ4n) is 1.71. The molecular weight excluding hydrogens is 210 g/mol. The molecule has 1 unspecified atom stereocenters. The Morgan fingerprint density at radius 3 is 2.29 bits per heavy atom. The lowest BCUT2D eigenvalue weighted by molar-refractivity contribution is 0.210. The van der Waals surface area contributed by atoms with Crippen molar-refractivity contribution in [3.63, 3.8) is 0 Å². The first-order chi connectivity index (χ1) is 8.11. The summed E-state index contributed by atoms with van der Waals surface area (Å²) in [6.07, 6.45) is 2.58. The van der Waals surface area contributed by atoms with E-state index in [1.807, 2.05) is 0 Å². The monoisotopic (exact) mass is 235 g/mol. The molecule has 0 heterocycles. The summed E-state index contributed by atoms with van der Waals surface area (Å²) < 4.78 is 5.81. The highest BCUT2D eigenvalue weighted by molar-refractivity contribution is 5.27. The zero-order valence-corrected chi connectivity index (χ0v) is 11.5. The van der Waals surface area contributed by atoms with Crippen LogP contribution in [0.5, 0.6) is 5.75 Å². The standard InChI is InChI=1S/C15H25NO/c1-5-6-13(4)17-15-9-7-14(8-10-15)11-16-12(2)3/h7-10,12-13,16H,5-6,11H2,1-4H3. The lowest BCUT2D eigenvalue weighted by Gasteiger charge is -2.14. The summed E-state index contributed by atoms with van der Waals surface area (Å²) in [6, 6.07) is 8.90. The number of nitrogens with one attached hydrogen (secondary N) is 1. The molecule has 0 aliphatic heterocycles. The third kappa shape index (κ3) is 5.73. The van der Waals surface area contributed by atoms with Crippen molar-refractivity contribution < 1.29 is 4.74 Å². The van der Waals surface area contributed by atoms with Gasteiger partial charge in [-0.3, -0.25) is 0 Å². The van der Waals surface area contributed by atoms with Crippen LogP contribution in [0.15, 0.2) is 24.3 Å². The quantitative estimate of drug-likeness (QED) is 0.777. The van der Waals surface area contributed by atoms with Gasteiger partial charge in [-0.05, 0) is 31.0 Å². The van der Waals surface area contributed by atoms with Crippen LogP contribution in [0.25, 0.3) is 0 Å². The fraction of sp³-hybridized carbons (Fsp3) is 0.600. The second kappa shape index (κ2) is 7.33. The average Bonchev–Trinajstić information content (AvgIpc) is 2.28. The van der Waals surface area contributed by atoms with Gasteiger partial charge in [0.25, 0.3) is 0 Å². The normalized spacial score (nSPS) is 12.8. The molecule has 1 aromatic carbocycles. The van der Waals surface area contributed by atoms with Gasteiger partial charge in [-0.1, -0.05) is 39.3 Å². The molecule has 2 heteroatoms. The Kier molecular flexibility index (Phi) is 6.06. The van der Waals surface area contributed by atoms with Gasteiger partial charge in [0.1, 0.15) is 5.75 Å². The van der Waals surface area contributed by atoms with Crippen LogP contribution in [0.2, 0.25) is 0 Å². The summed E-state index contributed by atoms with van der Waals surface area (Å²) >= 11 is 0. The van der Waals surface area contributed by atoms with Crippen LogP contribution in [-0.2, 0) is 6.54 Å². The Morgan fingerprint density at radius 2 is 1.76 bits per heavy atom. The first-order valence-electron chi connectivity index (χ1n) is 6.60. The average molecular weight is 235 g/mol. The lowest BCUT2D eigenvalue weighted by atomic mass is 10.2. The molecule has 17 heavy (non-hydrogen) atoms. The van der Waals surface area contributed by atoms with E-state index >= 15 is 0 Å². The van der Waals surface area contributed by atoms with Crippen molar-refractivity contribution in [2.24, 2.45) is 0 Å². The molecule has 2 nitrogen and oxygen atoms in total. The Bertz CT molecular complexity index is 305. The summed E-state index contributed by atoms with van der Waals surface area (Å²) in [5, 5.41) is 3.40. The van der Waals surface area contributed by atoms with Gasteiger partial charge in [0.05, 0.1) is 6.10 Å². The van der Waals surface area contributed by atoms with E-state index in [2.05, 4.69) is 57.3 Å². The summed E-state index contributed by atoms with van der Waals surface area (Å²) in [7, 11) is 0. The van der Waals surface area contributed by atoms with E-state index in [9.17, 15) is 0 Å². The Hall–Kier alpha value is -1.02. The molecule has 0 bridgehead atoms. The van der Waals surface area contributed by atoms with Crippen molar-refractivity contribution in [3.05, 3.63) is 29.8 Å². The van der Waals surface area contributed by atoms with Crippen molar-refractivity contribution in [1.82, 2.24) is 5.32 Å². The molecular formula is C15H25NO. The van der Waals surface area contributed by atoms with Crippen LogP contribution in [0.1, 0.15) is 46.1 Å². The highest BCUT2D eigenvalue weighted by Crippen LogP contribution is 2.15. The second-order valence-electron chi connectivity index (χ2n) is 4.90. The van der Waals surface area contributed by atoms with E-state index in [-0.39, 0.29) is 0 Å². The molecule has 0 radical (unpaired) electrons. The molecule has 1 rings (SSSR count). The molecule has 0 aliphatic rings. The summed E-state index contributed by atoms with van der Waals surface area (Å²) in [4.78, 5) is 0. The van der Waals surface area contributed by atoms with Gasteiger partial charge in [-0.25, -0.2) is 0 Å². The van der Waals surface area contributed by atoms with Crippen LogP contribution >= 0.6 is 0 Å². The third-order valence-electron chi connectivity index (χ3n) is 2.67. The van der Waals surface area contributed by atoms with E-state index in [1.165, 1.54) is 5.56 Å². The number of ether oxygens (including phenoxy) is 1. The van der Waals surface area contributed by atoms with Gasteiger partial charge in [0.15, 0.2) is 0 Å². The summed E-state index contributed by atoms with van der Waals surface area (Å²) in [5.74, 6) is 0.972. The Balaban J connectivity index is 2.44. The molecule has 0 spiro atoms. The molecule has 96 valence electrons. The minimum atomic E-state index is 0.305. The zero-order valence-electron chi connectivity index (χ0n) is 11.5. The zero-order chi connectivity index (χ0) is 12.7. The Morgan fingerprint density at radius 1 is 1.12 bits per heavy atom. The molecule has 1 aromatic rings. The van der Waals surface area contributed by atoms with Crippen molar-refractivity contribution in [1.29, 1.82) is 0 Å². The maximum atomic E-state index is 5.81. The smallest absolute Gasteiger partial charge is 0.119 e. The largest absolute Gasteiger partial charge is 0.491 e. The first kappa shape index (κ1) is 14.0. The number of hydrogen-bond donors (Lipinski definition) is 1. The van der Waals surface area contributed by atoms with Gasteiger partial charge < -0.3 is 10.1 Å². The second-order valence-corrected chi connectivity index (χ2v) is 4.90. The molecule has 0 aromatic heterocycles. The van der Waals surface area contributed by atoms with E-state index in [0.717, 1.165) is 25.1 Å². The SMILES string of the molecule is CCCC(C)Oc1ccc(CNC(C)C)cc1. The van der Waals surface area contributed by atoms with Gasteiger partial charge in [-0.15, -0.1) is 0 Å². The van der Waals surface area contributed by atoms with E-state index < -0.39 is 0 Å². The topological polar surface area (TPSA) is 21.3 Å². The molecule has 1 atom stereocenters. The fourth-order valence-corrected chi connectivity index (χ4v) is 1.71. The van der Waals surface area contributed by atoms with Gasteiger partial charge in [0.2, 0.25) is 0 Å². The molecule has 0 saturated carbocycles. The number of rotatable bonds is 7. The molecule has 0 fully saturated rings. The predicted octanol–water partition coefficient (Wildman–Crippen LogP) is 3.75. The van der Waals surface area contributed by atoms with Crippen LogP contribution in [0.4, 0.5) is 0 Å². The van der Waals surface area contributed by atoms with Crippen LogP contribution in [0.3, 0.4) is 0 Å². The van der Waals surface area contributed by atoms with Crippen LogP contribution in [-0.4, -0.2) is 12.1 Å². The number of benzene rings is 1. The minimum Gasteiger partial charge on any atom is -0.491 e. The predicted molar refractivity (Wildman–Crippen MR) is 73.4 cm³/mol. The van der Waals surface area contributed by atoms with Crippen molar-refractivity contribution in [2.75, 3.05) is 0 Å². The molecule has 1 N–H and O–H groups in total. The maximum Gasteiger partial charge on any atom is 0.119 e. The van der Waals surface area contributed by atoms with Crippen LogP contribution < -0.4 is 10.1 Å². The van der Waals surface area contributed by atoms with E-state index in [1.54, 1.807) is 0 Å².